The van der Waals surface area contributed by atoms with Crippen LogP contribution in [0.1, 0.15) is 13.3 Å². The van der Waals surface area contributed by atoms with E-state index in [-0.39, 0.29) is 19.1 Å². The van der Waals surface area contributed by atoms with Crippen molar-refractivity contribution in [1.29, 1.82) is 0 Å². The van der Waals surface area contributed by atoms with Crippen LogP contribution in [0.4, 0.5) is 0 Å². The molecular formula is C11H21N3O4. The third-order valence-corrected chi connectivity index (χ3v) is 2.93. The fourth-order valence-corrected chi connectivity index (χ4v) is 1.96. The first kappa shape index (κ1) is 14.9. The van der Waals surface area contributed by atoms with Gasteiger partial charge in [0.2, 0.25) is 5.91 Å². The summed E-state index contributed by atoms with van der Waals surface area (Å²) in [5, 5.41) is 11.9. The lowest BCUT2D eigenvalue weighted by atomic mass is 10.1. The van der Waals surface area contributed by atoms with Gasteiger partial charge in [0, 0.05) is 19.6 Å². The molecular weight excluding hydrogens is 238 g/mol. The van der Waals surface area contributed by atoms with Crippen LogP contribution in [0.25, 0.3) is 0 Å². The summed E-state index contributed by atoms with van der Waals surface area (Å²) in [5.41, 5.74) is 5.47. The van der Waals surface area contributed by atoms with Gasteiger partial charge in [-0.2, -0.15) is 0 Å². The number of morpholine rings is 1. The van der Waals surface area contributed by atoms with Gasteiger partial charge >= 0.3 is 5.97 Å². The monoisotopic (exact) mass is 259 g/mol. The van der Waals surface area contributed by atoms with Crippen molar-refractivity contribution in [2.75, 3.05) is 32.8 Å². The standard InChI is InChI=1S/C11H21N3O4/c1-2-3-13-10(15)9-7-18-5-4-14(9)8(6-12)11(16)17/h8-9H,2-7,12H2,1H3,(H,13,15)(H,16,17). The molecule has 7 heteroatoms. The Bertz CT molecular complexity index is 298. The van der Waals surface area contributed by atoms with E-state index in [1.54, 1.807) is 4.90 Å². The van der Waals surface area contributed by atoms with Gasteiger partial charge in [-0.3, -0.25) is 14.5 Å². The minimum atomic E-state index is -1.01. The molecule has 1 saturated heterocycles. The third-order valence-electron chi connectivity index (χ3n) is 2.93. The number of carbonyl (C=O) groups is 2. The summed E-state index contributed by atoms with van der Waals surface area (Å²) in [7, 11) is 0. The zero-order chi connectivity index (χ0) is 13.5. The number of hydrogen-bond donors (Lipinski definition) is 3. The molecule has 4 N–H and O–H groups in total. The van der Waals surface area contributed by atoms with Gasteiger partial charge in [-0.15, -0.1) is 0 Å². The summed E-state index contributed by atoms with van der Waals surface area (Å²) >= 11 is 0. The largest absolute Gasteiger partial charge is 0.480 e. The van der Waals surface area contributed by atoms with Crippen molar-refractivity contribution < 1.29 is 19.4 Å². The second-order valence-electron chi connectivity index (χ2n) is 4.21. The second kappa shape index (κ2) is 7.30. The van der Waals surface area contributed by atoms with E-state index in [4.69, 9.17) is 15.6 Å². The van der Waals surface area contributed by atoms with Gasteiger partial charge in [0.25, 0.3) is 0 Å². The highest BCUT2D eigenvalue weighted by molar-refractivity contribution is 5.83. The minimum absolute atomic E-state index is 0.0209. The number of aliphatic carboxylic acids is 1. The molecule has 0 aromatic carbocycles. The van der Waals surface area contributed by atoms with Crippen LogP contribution in [0.2, 0.25) is 0 Å². The number of nitrogens with two attached hydrogens (primary N) is 1. The highest BCUT2D eigenvalue weighted by Gasteiger charge is 2.36. The zero-order valence-electron chi connectivity index (χ0n) is 10.6. The number of rotatable bonds is 6. The smallest absolute Gasteiger partial charge is 0.322 e. The van der Waals surface area contributed by atoms with Gasteiger partial charge in [-0.05, 0) is 6.42 Å². The number of nitrogens with one attached hydrogen (secondary N) is 1. The Morgan fingerprint density at radius 3 is 2.89 bits per heavy atom. The van der Waals surface area contributed by atoms with Crippen LogP contribution >= 0.6 is 0 Å². The van der Waals surface area contributed by atoms with Gasteiger partial charge < -0.3 is 20.9 Å². The van der Waals surface area contributed by atoms with Crippen molar-refractivity contribution in [2.45, 2.75) is 25.4 Å². The van der Waals surface area contributed by atoms with Crippen LogP contribution in [0.5, 0.6) is 0 Å². The first-order chi connectivity index (χ1) is 8.61. The lowest BCUT2D eigenvalue weighted by Crippen LogP contribution is -2.60. The Labute approximate surface area is 106 Å². The summed E-state index contributed by atoms with van der Waals surface area (Å²) in [5.74, 6) is -1.20. The predicted molar refractivity (Wildman–Crippen MR) is 65.1 cm³/mol. The average Bonchev–Trinajstić information content (AvgIpc) is 2.37. The molecule has 104 valence electrons. The summed E-state index contributed by atoms with van der Waals surface area (Å²) in [6.07, 6.45) is 0.832. The van der Waals surface area contributed by atoms with E-state index in [1.165, 1.54) is 0 Å². The normalized spacial score (nSPS) is 22.4. The maximum atomic E-state index is 11.9. The van der Waals surface area contributed by atoms with Gasteiger partial charge in [0.1, 0.15) is 12.1 Å². The summed E-state index contributed by atoms with van der Waals surface area (Å²) in [6.45, 7) is 3.53. The summed E-state index contributed by atoms with van der Waals surface area (Å²) in [4.78, 5) is 24.7. The van der Waals surface area contributed by atoms with Crippen LogP contribution in [-0.4, -0.2) is 66.8 Å². The lowest BCUT2D eigenvalue weighted by molar-refractivity contribution is -0.150. The molecule has 0 radical (unpaired) electrons. The molecule has 1 amide bonds. The van der Waals surface area contributed by atoms with Crippen molar-refractivity contribution in [1.82, 2.24) is 10.2 Å². The van der Waals surface area contributed by atoms with Crippen LogP contribution in [0, 0.1) is 0 Å². The van der Waals surface area contributed by atoms with Gasteiger partial charge in [0.15, 0.2) is 0 Å². The van der Waals surface area contributed by atoms with Crippen LogP contribution in [0.3, 0.4) is 0 Å². The van der Waals surface area contributed by atoms with Crippen molar-refractivity contribution in [3.05, 3.63) is 0 Å². The predicted octanol–water partition coefficient (Wildman–Crippen LogP) is -1.37. The number of nitrogens with zero attached hydrogens (tertiary/aromatic N) is 1. The van der Waals surface area contributed by atoms with E-state index < -0.39 is 18.1 Å². The molecule has 1 heterocycles. The molecule has 1 aliphatic heterocycles. The van der Waals surface area contributed by atoms with E-state index in [0.29, 0.717) is 19.7 Å². The summed E-state index contributed by atoms with van der Waals surface area (Å²) < 4.78 is 5.25. The molecule has 1 fully saturated rings. The van der Waals surface area contributed by atoms with E-state index in [0.717, 1.165) is 6.42 Å². The van der Waals surface area contributed by atoms with Crippen LogP contribution in [-0.2, 0) is 14.3 Å². The lowest BCUT2D eigenvalue weighted by Gasteiger charge is -2.37. The second-order valence-corrected chi connectivity index (χ2v) is 4.21. The first-order valence-corrected chi connectivity index (χ1v) is 6.15. The van der Waals surface area contributed by atoms with Crippen LogP contribution < -0.4 is 11.1 Å². The number of carboxylic acid groups (broad SMARTS) is 1. The molecule has 0 aromatic rings. The molecule has 2 atom stereocenters. The van der Waals surface area contributed by atoms with Crippen molar-refractivity contribution in [3.8, 4) is 0 Å². The van der Waals surface area contributed by atoms with Crippen molar-refractivity contribution in [2.24, 2.45) is 5.73 Å². The topological polar surface area (TPSA) is 105 Å². The number of hydrogen-bond acceptors (Lipinski definition) is 5. The van der Waals surface area contributed by atoms with Crippen molar-refractivity contribution >= 4 is 11.9 Å². The molecule has 0 saturated carbocycles. The number of amides is 1. The maximum Gasteiger partial charge on any atom is 0.322 e. The molecule has 2 unspecified atom stereocenters. The van der Waals surface area contributed by atoms with Gasteiger partial charge in [0.05, 0.1) is 13.2 Å². The molecule has 7 nitrogen and oxygen atoms in total. The van der Waals surface area contributed by atoms with E-state index in [1.807, 2.05) is 6.92 Å². The van der Waals surface area contributed by atoms with Gasteiger partial charge in [-0.1, -0.05) is 6.92 Å². The summed E-state index contributed by atoms with van der Waals surface area (Å²) in [6, 6.07) is -1.42. The molecule has 1 aliphatic rings. The molecule has 1 rings (SSSR count). The Kier molecular flexibility index (Phi) is 6.03. The number of carbonyl (C=O) groups excluding carboxylic acids is 1. The minimum Gasteiger partial charge on any atom is -0.480 e. The molecule has 0 aliphatic carbocycles. The molecule has 0 aromatic heterocycles. The highest BCUT2D eigenvalue weighted by atomic mass is 16.5. The maximum absolute atomic E-state index is 11.9. The molecule has 0 bridgehead atoms. The molecule has 0 spiro atoms. The van der Waals surface area contributed by atoms with E-state index in [2.05, 4.69) is 5.32 Å². The molecule has 18 heavy (non-hydrogen) atoms. The highest BCUT2D eigenvalue weighted by Crippen LogP contribution is 2.11. The van der Waals surface area contributed by atoms with E-state index in [9.17, 15) is 9.59 Å². The zero-order valence-corrected chi connectivity index (χ0v) is 10.6. The Morgan fingerprint density at radius 1 is 1.61 bits per heavy atom. The first-order valence-electron chi connectivity index (χ1n) is 6.15. The number of ether oxygens (including phenoxy) is 1. The Hall–Kier alpha value is -1.18. The fraction of sp³-hybridized carbons (Fsp3) is 0.818. The van der Waals surface area contributed by atoms with Crippen LogP contribution in [0.15, 0.2) is 0 Å². The average molecular weight is 259 g/mol. The van der Waals surface area contributed by atoms with Gasteiger partial charge in [-0.25, -0.2) is 0 Å². The van der Waals surface area contributed by atoms with E-state index >= 15 is 0 Å². The number of carboxylic acids is 1. The quantitative estimate of drug-likeness (QED) is 0.543. The SMILES string of the molecule is CCCNC(=O)C1COCCN1C(CN)C(=O)O. The third kappa shape index (κ3) is 3.66. The van der Waals surface area contributed by atoms with Crippen molar-refractivity contribution in [3.63, 3.8) is 0 Å². The Balaban J connectivity index is 2.72. The fourth-order valence-electron chi connectivity index (χ4n) is 1.96. The Morgan fingerprint density at radius 2 is 2.33 bits per heavy atom.